The van der Waals surface area contributed by atoms with E-state index in [1.165, 1.54) is 7.11 Å². The first-order valence-corrected chi connectivity index (χ1v) is 6.04. The lowest BCUT2D eigenvalue weighted by Gasteiger charge is -2.10. The molecule has 0 aliphatic heterocycles. The van der Waals surface area contributed by atoms with Crippen molar-refractivity contribution in [2.75, 3.05) is 12.4 Å². The maximum Gasteiger partial charge on any atom is 0.226 e. The van der Waals surface area contributed by atoms with Crippen molar-refractivity contribution in [3.05, 3.63) is 35.6 Å². The van der Waals surface area contributed by atoms with Gasteiger partial charge in [0.15, 0.2) is 0 Å². The number of hydrogen-bond donors (Lipinski definition) is 1. The van der Waals surface area contributed by atoms with E-state index in [0.29, 0.717) is 29.4 Å². The molecule has 1 amide bonds. The highest BCUT2D eigenvalue weighted by Gasteiger charge is 2.08. The van der Waals surface area contributed by atoms with Crippen LogP contribution in [0, 0.1) is 0 Å². The predicted octanol–water partition coefficient (Wildman–Crippen LogP) is 1.97. The van der Waals surface area contributed by atoms with Crippen LogP contribution in [0.1, 0.15) is 6.42 Å². The Kier molecular flexibility index (Phi) is 4.35. The molecule has 0 aliphatic rings. The number of aromatic nitrogens is 3. The van der Waals surface area contributed by atoms with Crippen molar-refractivity contribution >= 4 is 23.2 Å². The molecule has 1 aromatic heterocycles. The summed E-state index contributed by atoms with van der Waals surface area (Å²) in [6, 6.07) is 5.05. The summed E-state index contributed by atoms with van der Waals surface area (Å²) >= 11 is 5.89. The van der Waals surface area contributed by atoms with Gasteiger partial charge in [-0.25, -0.2) is 0 Å². The molecule has 0 bridgehead atoms. The van der Waals surface area contributed by atoms with Crippen molar-refractivity contribution < 1.29 is 9.53 Å². The van der Waals surface area contributed by atoms with Crippen LogP contribution >= 0.6 is 11.6 Å². The Labute approximate surface area is 115 Å². The van der Waals surface area contributed by atoms with Crippen LogP contribution in [0.2, 0.25) is 5.02 Å². The normalized spacial score (nSPS) is 10.2. The largest absolute Gasteiger partial charge is 0.495 e. The minimum Gasteiger partial charge on any atom is -0.495 e. The number of nitrogens with zero attached hydrogens (tertiary/aromatic N) is 3. The summed E-state index contributed by atoms with van der Waals surface area (Å²) in [6.45, 7) is 0.467. The molecule has 0 fully saturated rings. The van der Waals surface area contributed by atoms with Crippen LogP contribution in [-0.2, 0) is 11.3 Å². The SMILES string of the molecule is COc1ccc(Cl)cc1NC(=O)CCn1ccnn1. The van der Waals surface area contributed by atoms with E-state index in [4.69, 9.17) is 16.3 Å². The molecular formula is C12H13ClN4O2. The van der Waals surface area contributed by atoms with Crippen LogP contribution in [-0.4, -0.2) is 28.0 Å². The van der Waals surface area contributed by atoms with Gasteiger partial charge in [0.2, 0.25) is 5.91 Å². The van der Waals surface area contributed by atoms with E-state index < -0.39 is 0 Å². The third kappa shape index (κ3) is 3.69. The molecule has 2 aromatic rings. The van der Waals surface area contributed by atoms with Gasteiger partial charge in [-0.15, -0.1) is 5.10 Å². The average molecular weight is 281 g/mol. The van der Waals surface area contributed by atoms with Crippen molar-refractivity contribution in [1.82, 2.24) is 15.0 Å². The van der Waals surface area contributed by atoms with Gasteiger partial charge in [0.1, 0.15) is 5.75 Å². The topological polar surface area (TPSA) is 69.0 Å². The smallest absolute Gasteiger partial charge is 0.226 e. The molecule has 19 heavy (non-hydrogen) atoms. The second kappa shape index (κ2) is 6.19. The van der Waals surface area contributed by atoms with E-state index in [-0.39, 0.29) is 5.91 Å². The minimum atomic E-state index is -0.143. The third-order valence-electron chi connectivity index (χ3n) is 2.48. The minimum absolute atomic E-state index is 0.143. The molecule has 6 nitrogen and oxygen atoms in total. The fourth-order valence-electron chi connectivity index (χ4n) is 1.56. The van der Waals surface area contributed by atoms with Crippen LogP contribution < -0.4 is 10.1 Å². The number of ether oxygens (including phenoxy) is 1. The first-order valence-electron chi connectivity index (χ1n) is 5.66. The Hall–Kier alpha value is -2.08. The summed E-state index contributed by atoms with van der Waals surface area (Å²) < 4.78 is 6.74. The number of aryl methyl sites for hydroxylation is 1. The summed E-state index contributed by atoms with van der Waals surface area (Å²) in [6.07, 6.45) is 3.56. The van der Waals surface area contributed by atoms with E-state index in [1.807, 2.05) is 0 Å². The molecule has 0 aliphatic carbocycles. The molecule has 0 unspecified atom stereocenters. The van der Waals surface area contributed by atoms with Crippen molar-refractivity contribution in [3.63, 3.8) is 0 Å². The summed E-state index contributed by atoms with van der Waals surface area (Å²) in [4.78, 5) is 11.8. The zero-order chi connectivity index (χ0) is 13.7. The number of anilines is 1. The molecule has 0 radical (unpaired) electrons. The average Bonchev–Trinajstić information content (AvgIpc) is 2.90. The van der Waals surface area contributed by atoms with Gasteiger partial charge in [-0.05, 0) is 18.2 Å². The molecule has 0 saturated carbocycles. The Morgan fingerprint density at radius 2 is 2.37 bits per heavy atom. The van der Waals surface area contributed by atoms with Crippen LogP contribution in [0.4, 0.5) is 5.69 Å². The molecular weight excluding hydrogens is 268 g/mol. The maximum absolute atomic E-state index is 11.8. The maximum atomic E-state index is 11.8. The lowest BCUT2D eigenvalue weighted by molar-refractivity contribution is -0.116. The monoisotopic (exact) mass is 280 g/mol. The van der Waals surface area contributed by atoms with Gasteiger partial charge in [-0.3, -0.25) is 9.48 Å². The lowest BCUT2D eigenvalue weighted by Crippen LogP contribution is -2.15. The highest BCUT2D eigenvalue weighted by atomic mass is 35.5. The highest BCUT2D eigenvalue weighted by molar-refractivity contribution is 6.31. The Morgan fingerprint density at radius 3 is 3.05 bits per heavy atom. The second-order valence-corrected chi connectivity index (χ2v) is 4.25. The standard InChI is InChI=1S/C12H13ClN4O2/c1-19-11-3-2-9(13)8-10(11)15-12(18)4-6-17-7-5-14-16-17/h2-3,5,7-8H,4,6H2,1H3,(H,15,18). The van der Waals surface area contributed by atoms with E-state index in [0.717, 1.165) is 0 Å². The highest BCUT2D eigenvalue weighted by Crippen LogP contribution is 2.27. The van der Waals surface area contributed by atoms with E-state index in [2.05, 4.69) is 15.6 Å². The van der Waals surface area contributed by atoms with Gasteiger partial charge >= 0.3 is 0 Å². The first-order chi connectivity index (χ1) is 9.19. The summed E-state index contributed by atoms with van der Waals surface area (Å²) in [7, 11) is 1.54. The Bertz CT molecular complexity index is 557. The second-order valence-electron chi connectivity index (χ2n) is 3.81. The number of methoxy groups -OCH3 is 1. The molecule has 1 heterocycles. The summed E-state index contributed by atoms with van der Waals surface area (Å²) in [5.74, 6) is 0.426. The Balaban J connectivity index is 1.96. The van der Waals surface area contributed by atoms with Crippen molar-refractivity contribution in [3.8, 4) is 5.75 Å². The van der Waals surface area contributed by atoms with Gasteiger partial charge in [0, 0.05) is 17.6 Å². The zero-order valence-electron chi connectivity index (χ0n) is 10.3. The van der Waals surface area contributed by atoms with E-state index in [9.17, 15) is 4.79 Å². The van der Waals surface area contributed by atoms with Gasteiger partial charge < -0.3 is 10.1 Å². The predicted molar refractivity (Wildman–Crippen MR) is 71.3 cm³/mol. The molecule has 0 saturated heterocycles. The van der Waals surface area contributed by atoms with E-state index >= 15 is 0 Å². The van der Waals surface area contributed by atoms with Gasteiger partial charge in [-0.2, -0.15) is 0 Å². The number of carbonyl (C=O) groups excluding carboxylic acids is 1. The first kappa shape index (κ1) is 13.4. The Morgan fingerprint density at radius 1 is 1.53 bits per heavy atom. The number of benzene rings is 1. The lowest BCUT2D eigenvalue weighted by atomic mass is 10.2. The number of hydrogen-bond acceptors (Lipinski definition) is 4. The number of carbonyl (C=O) groups is 1. The molecule has 100 valence electrons. The van der Waals surface area contributed by atoms with Gasteiger partial charge in [0.05, 0.1) is 25.5 Å². The van der Waals surface area contributed by atoms with Crippen molar-refractivity contribution in [2.24, 2.45) is 0 Å². The van der Waals surface area contributed by atoms with Crippen LogP contribution in [0.3, 0.4) is 0 Å². The molecule has 7 heteroatoms. The van der Waals surface area contributed by atoms with Gasteiger partial charge in [-0.1, -0.05) is 16.8 Å². The third-order valence-corrected chi connectivity index (χ3v) is 2.71. The fourth-order valence-corrected chi connectivity index (χ4v) is 1.73. The molecule has 1 aromatic carbocycles. The molecule has 1 N–H and O–H groups in total. The quantitative estimate of drug-likeness (QED) is 0.909. The van der Waals surface area contributed by atoms with Crippen LogP contribution in [0.5, 0.6) is 5.75 Å². The van der Waals surface area contributed by atoms with E-state index in [1.54, 1.807) is 35.3 Å². The van der Waals surface area contributed by atoms with Crippen molar-refractivity contribution in [2.45, 2.75) is 13.0 Å². The number of amides is 1. The summed E-state index contributed by atoms with van der Waals surface area (Å²) in [5.41, 5.74) is 0.554. The van der Waals surface area contributed by atoms with Crippen LogP contribution in [0.25, 0.3) is 0 Å². The molecule has 0 spiro atoms. The number of nitrogens with one attached hydrogen (secondary N) is 1. The molecule has 0 atom stereocenters. The number of rotatable bonds is 5. The summed E-state index contributed by atoms with van der Waals surface area (Å²) in [5, 5.41) is 10.7. The fraction of sp³-hybridized carbons (Fsp3) is 0.250. The van der Waals surface area contributed by atoms with Crippen molar-refractivity contribution in [1.29, 1.82) is 0 Å². The molecule has 2 rings (SSSR count). The van der Waals surface area contributed by atoms with Gasteiger partial charge in [0.25, 0.3) is 0 Å². The zero-order valence-corrected chi connectivity index (χ0v) is 11.1. The number of halogens is 1. The van der Waals surface area contributed by atoms with Crippen LogP contribution in [0.15, 0.2) is 30.6 Å².